The molecule has 0 amide bonds. The SMILES string of the molecule is COC(=O)c1ccc(C(C)CNC[C@@H](O)c2ccccc2)cc1. The Morgan fingerprint density at radius 2 is 1.70 bits per heavy atom. The molecule has 2 aromatic carbocycles. The van der Waals surface area contributed by atoms with E-state index in [9.17, 15) is 9.90 Å². The number of aliphatic hydroxyl groups is 1. The number of nitrogens with one attached hydrogen (secondary N) is 1. The maximum absolute atomic E-state index is 11.4. The van der Waals surface area contributed by atoms with Crippen LogP contribution in [0.2, 0.25) is 0 Å². The molecule has 23 heavy (non-hydrogen) atoms. The summed E-state index contributed by atoms with van der Waals surface area (Å²) < 4.78 is 4.69. The molecule has 4 heteroatoms. The van der Waals surface area contributed by atoms with Gasteiger partial charge in [0.15, 0.2) is 0 Å². The number of benzene rings is 2. The van der Waals surface area contributed by atoms with Crippen molar-refractivity contribution in [1.82, 2.24) is 5.32 Å². The first kappa shape index (κ1) is 17.2. The van der Waals surface area contributed by atoms with E-state index in [0.717, 1.165) is 17.7 Å². The fourth-order valence-electron chi connectivity index (χ4n) is 2.41. The molecule has 0 aliphatic carbocycles. The fraction of sp³-hybridized carbons (Fsp3) is 0.316. The number of aliphatic hydroxyl groups excluding tert-OH is 1. The van der Waals surface area contributed by atoms with Crippen LogP contribution in [0.15, 0.2) is 54.6 Å². The largest absolute Gasteiger partial charge is 0.465 e. The van der Waals surface area contributed by atoms with Gasteiger partial charge in [-0.05, 0) is 29.2 Å². The van der Waals surface area contributed by atoms with Crippen LogP contribution >= 0.6 is 0 Å². The lowest BCUT2D eigenvalue weighted by molar-refractivity contribution is 0.0600. The Bertz CT molecular complexity index is 610. The molecule has 2 rings (SSSR count). The summed E-state index contributed by atoms with van der Waals surface area (Å²) in [6.07, 6.45) is -0.509. The Labute approximate surface area is 137 Å². The molecular formula is C19H23NO3. The number of rotatable bonds is 7. The van der Waals surface area contributed by atoms with Gasteiger partial charge in [-0.25, -0.2) is 4.79 Å². The third-order valence-electron chi connectivity index (χ3n) is 3.87. The van der Waals surface area contributed by atoms with Gasteiger partial charge in [-0.15, -0.1) is 0 Å². The number of esters is 1. The lowest BCUT2D eigenvalue weighted by atomic mass is 9.99. The van der Waals surface area contributed by atoms with Crippen molar-refractivity contribution >= 4 is 5.97 Å². The van der Waals surface area contributed by atoms with Crippen LogP contribution in [0.3, 0.4) is 0 Å². The molecule has 4 nitrogen and oxygen atoms in total. The van der Waals surface area contributed by atoms with Crippen LogP contribution in [0, 0.1) is 0 Å². The molecule has 0 saturated carbocycles. The van der Waals surface area contributed by atoms with Crippen molar-refractivity contribution in [3.63, 3.8) is 0 Å². The van der Waals surface area contributed by atoms with Gasteiger partial charge in [0.25, 0.3) is 0 Å². The van der Waals surface area contributed by atoms with Gasteiger partial charge < -0.3 is 15.2 Å². The predicted molar refractivity (Wildman–Crippen MR) is 90.5 cm³/mol. The molecule has 2 aromatic rings. The van der Waals surface area contributed by atoms with Crippen molar-refractivity contribution in [3.8, 4) is 0 Å². The van der Waals surface area contributed by atoms with E-state index in [2.05, 4.69) is 12.2 Å². The predicted octanol–water partition coefficient (Wildman–Crippen LogP) is 2.90. The lowest BCUT2D eigenvalue weighted by Crippen LogP contribution is -2.25. The van der Waals surface area contributed by atoms with Crippen LogP contribution in [0.4, 0.5) is 0 Å². The average molecular weight is 313 g/mol. The average Bonchev–Trinajstić information content (AvgIpc) is 2.61. The van der Waals surface area contributed by atoms with Crippen molar-refractivity contribution < 1.29 is 14.6 Å². The molecule has 0 aliphatic rings. The molecule has 0 saturated heterocycles. The highest BCUT2D eigenvalue weighted by atomic mass is 16.5. The van der Waals surface area contributed by atoms with Crippen LogP contribution < -0.4 is 5.32 Å². The first-order valence-electron chi connectivity index (χ1n) is 7.74. The van der Waals surface area contributed by atoms with Crippen LogP contribution in [-0.4, -0.2) is 31.3 Å². The zero-order chi connectivity index (χ0) is 16.7. The zero-order valence-corrected chi connectivity index (χ0v) is 13.5. The Morgan fingerprint density at radius 3 is 2.30 bits per heavy atom. The van der Waals surface area contributed by atoms with E-state index in [1.807, 2.05) is 42.5 Å². The second kappa shape index (κ2) is 8.46. The van der Waals surface area contributed by atoms with Gasteiger partial charge in [0, 0.05) is 13.1 Å². The van der Waals surface area contributed by atoms with Gasteiger partial charge in [-0.3, -0.25) is 0 Å². The van der Waals surface area contributed by atoms with Crippen molar-refractivity contribution in [2.24, 2.45) is 0 Å². The van der Waals surface area contributed by atoms with Gasteiger partial charge in [0.05, 0.1) is 18.8 Å². The molecular weight excluding hydrogens is 290 g/mol. The molecule has 0 aliphatic heterocycles. The Balaban J connectivity index is 1.82. The molecule has 0 radical (unpaired) electrons. The van der Waals surface area contributed by atoms with Gasteiger partial charge in [0.2, 0.25) is 0 Å². The quantitative estimate of drug-likeness (QED) is 0.772. The molecule has 2 atom stereocenters. The molecule has 0 bridgehead atoms. The molecule has 0 aromatic heterocycles. The molecule has 0 spiro atoms. The van der Waals surface area contributed by atoms with Gasteiger partial charge >= 0.3 is 5.97 Å². The number of carbonyl (C=O) groups excluding carboxylic acids is 1. The highest BCUT2D eigenvalue weighted by molar-refractivity contribution is 5.89. The molecule has 0 heterocycles. The second-order valence-electron chi connectivity index (χ2n) is 5.60. The van der Waals surface area contributed by atoms with Crippen LogP contribution in [-0.2, 0) is 4.74 Å². The molecule has 122 valence electrons. The van der Waals surface area contributed by atoms with Gasteiger partial charge in [0.1, 0.15) is 0 Å². The summed E-state index contributed by atoms with van der Waals surface area (Å²) in [6.45, 7) is 3.37. The van der Waals surface area contributed by atoms with Crippen LogP contribution in [0.5, 0.6) is 0 Å². The van der Waals surface area contributed by atoms with Gasteiger partial charge in [-0.1, -0.05) is 49.4 Å². The van der Waals surface area contributed by atoms with E-state index in [1.165, 1.54) is 7.11 Å². The summed E-state index contributed by atoms with van der Waals surface area (Å²) in [7, 11) is 1.38. The van der Waals surface area contributed by atoms with Crippen molar-refractivity contribution in [2.45, 2.75) is 18.9 Å². The molecule has 1 unspecified atom stereocenters. The molecule has 2 N–H and O–H groups in total. The minimum absolute atomic E-state index is 0.282. The maximum Gasteiger partial charge on any atom is 0.337 e. The van der Waals surface area contributed by atoms with Crippen molar-refractivity contribution in [3.05, 3.63) is 71.3 Å². The third-order valence-corrected chi connectivity index (χ3v) is 3.87. The fourth-order valence-corrected chi connectivity index (χ4v) is 2.41. The maximum atomic E-state index is 11.4. The minimum Gasteiger partial charge on any atom is -0.465 e. The summed E-state index contributed by atoms with van der Waals surface area (Å²) in [5.74, 6) is -0.0435. The van der Waals surface area contributed by atoms with E-state index in [1.54, 1.807) is 12.1 Å². The summed E-state index contributed by atoms with van der Waals surface area (Å²) in [5, 5.41) is 13.4. The minimum atomic E-state index is -0.509. The summed E-state index contributed by atoms with van der Waals surface area (Å²) in [4.78, 5) is 11.4. The smallest absolute Gasteiger partial charge is 0.337 e. The highest BCUT2D eigenvalue weighted by Crippen LogP contribution is 2.16. The highest BCUT2D eigenvalue weighted by Gasteiger charge is 2.10. The molecule has 0 fully saturated rings. The van der Waals surface area contributed by atoms with Gasteiger partial charge in [-0.2, -0.15) is 0 Å². The van der Waals surface area contributed by atoms with Crippen LogP contribution in [0.25, 0.3) is 0 Å². The number of ether oxygens (including phenoxy) is 1. The van der Waals surface area contributed by atoms with E-state index >= 15 is 0 Å². The summed E-state index contributed by atoms with van der Waals surface area (Å²) in [6, 6.07) is 17.0. The topological polar surface area (TPSA) is 58.6 Å². The van der Waals surface area contributed by atoms with E-state index < -0.39 is 6.10 Å². The number of hydrogen-bond acceptors (Lipinski definition) is 4. The Kier molecular flexibility index (Phi) is 6.32. The number of methoxy groups -OCH3 is 1. The van der Waals surface area contributed by atoms with Crippen molar-refractivity contribution in [1.29, 1.82) is 0 Å². The van der Waals surface area contributed by atoms with Crippen LogP contribution in [0.1, 0.15) is 40.4 Å². The summed E-state index contributed by atoms with van der Waals surface area (Å²) in [5.41, 5.74) is 2.60. The zero-order valence-electron chi connectivity index (χ0n) is 13.5. The number of hydrogen-bond donors (Lipinski definition) is 2. The third kappa shape index (κ3) is 4.91. The first-order chi connectivity index (χ1) is 11.1. The monoisotopic (exact) mass is 313 g/mol. The first-order valence-corrected chi connectivity index (χ1v) is 7.74. The summed E-state index contributed by atoms with van der Waals surface area (Å²) >= 11 is 0. The van der Waals surface area contributed by atoms with E-state index in [-0.39, 0.29) is 11.9 Å². The van der Waals surface area contributed by atoms with E-state index in [0.29, 0.717) is 12.1 Å². The number of carbonyl (C=O) groups is 1. The lowest BCUT2D eigenvalue weighted by Gasteiger charge is -2.16. The van der Waals surface area contributed by atoms with E-state index in [4.69, 9.17) is 4.74 Å². The van der Waals surface area contributed by atoms with Crippen molar-refractivity contribution in [2.75, 3.05) is 20.2 Å². The second-order valence-corrected chi connectivity index (χ2v) is 5.60. The Hall–Kier alpha value is -2.17. The standard InChI is InChI=1S/C19H23NO3/c1-14(15-8-10-17(11-9-15)19(22)23-2)12-20-13-18(21)16-6-4-3-5-7-16/h3-11,14,18,20-21H,12-13H2,1-2H3/t14?,18-/m1/s1. The normalized spacial score (nSPS) is 13.3. The Morgan fingerprint density at radius 1 is 1.04 bits per heavy atom.